The molecule has 1 heterocycles. The molecule has 1 amide bonds. The number of nitrogens with zero attached hydrogens (tertiary/aromatic N) is 1. The molecular formula is C11H14ClN3O2. The van der Waals surface area contributed by atoms with Crippen molar-refractivity contribution in [3.05, 3.63) is 23.0 Å². The molecule has 1 aliphatic rings. The highest BCUT2D eigenvalue weighted by Crippen LogP contribution is 2.44. The van der Waals surface area contributed by atoms with Gasteiger partial charge in [0.2, 0.25) is 0 Å². The second-order valence-electron chi connectivity index (χ2n) is 4.45. The van der Waals surface area contributed by atoms with Gasteiger partial charge in [0.25, 0.3) is 5.91 Å². The van der Waals surface area contributed by atoms with Crippen molar-refractivity contribution in [1.82, 2.24) is 10.3 Å². The van der Waals surface area contributed by atoms with Gasteiger partial charge in [-0.1, -0.05) is 11.6 Å². The van der Waals surface area contributed by atoms with Crippen LogP contribution in [-0.4, -0.2) is 29.1 Å². The average Bonchev–Trinajstić information content (AvgIpc) is 3.10. The van der Waals surface area contributed by atoms with Crippen molar-refractivity contribution in [1.29, 1.82) is 0 Å². The molecule has 0 aromatic carbocycles. The molecule has 6 heteroatoms. The van der Waals surface area contributed by atoms with Crippen LogP contribution >= 0.6 is 11.6 Å². The SMILES string of the molecule is Nc1cnc(Cl)c(C(=O)NCC2(CO)CC2)c1. The zero-order chi connectivity index (χ0) is 12.5. The first-order valence-electron chi connectivity index (χ1n) is 5.36. The quantitative estimate of drug-likeness (QED) is 0.695. The van der Waals surface area contributed by atoms with Crippen molar-refractivity contribution in [3.8, 4) is 0 Å². The van der Waals surface area contributed by atoms with Crippen molar-refractivity contribution in [2.24, 2.45) is 5.41 Å². The number of hydrogen-bond acceptors (Lipinski definition) is 4. The fraction of sp³-hybridized carbons (Fsp3) is 0.455. The maximum absolute atomic E-state index is 11.8. The second kappa shape index (κ2) is 4.50. The number of aliphatic hydroxyl groups excluding tert-OH is 1. The number of hydrogen-bond donors (Lipinski definition) is 3. The summed E-state index contributed by atoms with van der Waals surface area (Å²) in [6.07, 6.45) is 3.27. The van der Waals surface area contributed by atoms with E-state index in [4.69, 9.17) is 22.4 Å². The monoisotopic (exact) mass is 255 g/mol. The second-order valence-corrected chi connectivity index (χ2v) is 4.81. The van der Waals surface area contributed by atoms with E-state index in [-0.39, 0.29) is 28.6 Å². The maximum Gasteiger partial charge on any atom is 0.254 e. The van der Waals surface area contributed by atoms with Gasteiger partial charge in [0.05, 0.1) is 24.1 Å². The van der Waals surface area contributed by atoms with Gasteiger partial charge in [0.15, 0.2) is 0 Å². The predicted molar refractivity (Wildman–Crippen MR) is 64.7 cm³/mol. The Hall–Kier alpha value is -1.33. The van der Waals surface area contributed by atoms with Crippen LogP contribution in [0.5, 0.6) is 0 Å². The molecule has 0 atom stereocenters. The van der Waals surface area contributed by atoms with Crippen LogP contribution in [-0.2, 0) is 0 Å². The molecule has 1 aliphatic carbocycles. The number of nitrogens with one attached hydrogen (secondary N) is 1. The van der Waals surface area contributed by atoms with Crippen molar-refractivity contribution in [2.45, 2.75) is 12.8 Å². The molecule has 0 aliphatic heterocycles. The van der Waals surface area contributed by atoms with Crippen LogP contribution in [0.2, 0.25) is 5.15 Å². The minimum Gasteiger partial charge on any atom is -0.397 e. The van der Waals surface area contributed by atoms with Gasteiger partial charge in [-0.2, -0.15) is 0 Å². The number of amides is 1. The van der Waals surface area contributed by atoms with E-state index in [1.807, 2.05) is 0 Å². The molecule has 1 aromatic rings. The zero-order valence-corrected chi connectivity index (χ0v) is 10.00. The molecule has 2 rings (SSSR count). The largest absolute Gasteiger partial charge is 0.397 e. The van der Waals surface area contributed by atoms with Gasteiger partial charge in [0.1, 0.15) is 5.15 Å². The van der Waals surface area contributed by atoms with Crippen LogP contribution < -0.4 is 11.1 Å². The van der Waals surface area contributed by atoms with Crippen molar-refractivity contribution in [3.63, 3.8) is 0 Å². The molecule has 17 heavy (non-hydrogen) atoms. The number of halogens is 1. The van der Waals surface area contributed by atoms with E-state index in [9.17, 15) is 4.79 Å². The first kappa shape index (κ1) is 12.1. The van der Waals surface area contributed by atoms with Crippen LogP contribution in [0.25, 0.3) is 0 Å². The van der Waals surface area contributed by atoms with Gasteiger partial charge < -0.3 is 16.2 Å². The number of carbonyl (C=O) groups excluding carboxylic acids is 1. The summed E-state index contributed by atoms with van der Waals surface area (Å²) in [6.45, 7) is 0.545. The number of aromatic nitrogens is 1. The van der Waals surface area contributed by atoms with Gasteiger partial charge in [-0.15, -0.1) is 0 Å². The van der Waals surface area contributed by atoms with Crippen LogP contribution in [0.15, 0.2) is 12.3 Å². The van der Waals surface area contributed by atoms with E-state index in [2.05, 4.69) is 10.3 Å². The van der Waals surface area contributed by atoms with E-state index in [1.165, 1.54) is 12.3 Å². The minimum absolute atomic E-state index is 0.0934. The topological polar surface area (TPSA) is 88.2 Å². The molecular weight excluding hydrogens is 242 g/mol. The first-order chi connectivity index (χ1) is 8.06. The third-order valence-corrected chi connectivity index (χ3v) is 3.32. The molecule has 0 radical (unpaired) electrons. The lowest BCUT2D eigenvalue weighted by molar-refractivity contribution is 0.0935. The highest BCUT2D eigenvalue weighted by molar-refractivity contribution is 6.32. The third-order valence-electron chi connectivity index (χ3n) is 3.02. The smallest absolute Gasteiger partial charge is 0.254 e. The Labute approximate surface area is 104 Å². The summed E-state index contributed by atoms with van der Waals surface area (Å²) in [6, 6.07) is 1.49. The number of anilines is 1. The van der Waals surface area contributed by atoms with Crippen LogP contribution in [0.4, 0.5) is 5.69 Å². The van der Waals surface area contributed by atoms with E-state index in [0.717, 1.165) is 12.8 Å². The Morgan fingerprint density at radius 3 is 2.94 bits per heavy atom. The van der Waals surface area contributed by atoms with Crippen molar-refractivity contribution >= 4 is 23.2 Å². The van der Waals surface area contributed by atoms with E-state index in [0.29, 0.717) is 12.2 Å². The number of aliphatic hydroxyl groups is 1. The molecule has 92 valence electrons. The normalized spacial score (nSPS) is 16.6. The minimum atomic E-state index is -0.311. The fourth-order valence-electron chi connectivity index (χ4n) is 1.55. The summed E-state index contributed by atoms with van der Waals surface area (Å²) in [4.78, 5) is 15.6. The molecule has 1 saturated carbocycles. The molecule has 5 nitrogen and oxygen atoms in total. The molecule has 1 fully saturated rings. The molecule has 1 aromatic heterocycles. The zero-order valence-electron chi connectivity index (χ0n) is 9.24. The third kappa shape index (κ3) is 2.68. The van der Waals surface area contributed by atoms with Crippen molar-refractivity contribution in [2.75, 3.05) is 18.9 Å². The molecule has 0 saturated heterocycles. The highest BCUT2D eigenvalue weighted by atomic mass is 35.5. The lowest BCUT2D eigenvalue weighted by atomic mass is 10.1. The Morgan fingerprint density at radius 1 is 1.65 bits per heavy atom. The molecule has 0 unspecified atom stereocenters. The number of nitrogen functional groups attached to an aromatic ring is 1. The summed E-state index contributed by atoms with van der Waals surface area (Å²) in [5, 5.41) is 12.0. The van der Waals surface area contributed by atoms with E-state index in [1.54, 1.807) is 0 Å². The van der Waals surface area contributed by atoms with Crippen LogP contribution in [0, 0.1) is 5.41 Å². The number of rotatable bonds is 4. The Kier molecular flexibility index (Phi) is 3.22. The van der Waals surface area contributed by atoms with Crippen LogP contribution in [0.1, 0.15) is 23.2 Å². The Morgan fingerprint density at radius 2 is 2.35 bits per heavy atom. The lowest BCUT2D eigenvalue weighted by Gasteiger charge is -2.13. The summed E-state index contributed by atoms with van der Waals surface area (Å²) in [7, 11) is 0. The highest BCUT2D eigenvalue weighted by Gasteiger charge is 2.42. The van der Waals surface area contributed by atoms with Gasteiger partial charge in [-0.05, 0) is 18.9 Å². The van der Waals surface area contributed by atoms with E-state index >= 15 is 0 Å². The molecule has 0 bridgehead atoms. The Balaban J connectivity index is 2.02. The summed E-state index contributed by atoms with van der Waals surface area (Å²) in [5.74, 6) is -0.311. The summed E-state index contributed by atoms with van der Waals surface area (Å²) >= 11 is 5.81. The summed E-state index contributed by atoms with van der Waals surface area (Å²) < 4.78 is 0. The first-order valence-corrected chi connectivity index (χ1v) is 5.74. The van der Waals surface area contributed by atoms with E-state index < -0.39 is 0 Å². The summed E-state index contributed by atoms with van der Waals surface area (Å²) in [5.41, 5.74) is 6.07. The Bertz CT molecular complexity index is 446. The van der Waals surface area contributed by atoms with Gasteiger partial charge >= 0.3 is 0 Å². The number of carbonyl (C=O) groups is 1. The predicted octanol–water partition coefficient (Wildman–Crippen LogP) is 0.819. The number of nitrogens with two attached hydrogens (primary N) is 1. The average molecular weight is 256 g/mol. The van der Waals surface area contributed by atoms with Crippen LogP contribution in [0.3, 0.4) is 0 Å². The fourth-order valence-corrected chi connectivity index (χ4v) is 1.74. The molecule has 0 spiro atoms. The van der Waals surface area contributed by atoms with Gasteiger partial charge in [0, 0.05) is 12.0 Å². The van der Waals surface area contributed by atoms with Gasteiger partial charge in [-0.3, -0.25) is 4.79 Å². The maximum atomic E-state index is 11.8. The van der Waals surface area contributed by atoms with Gasteiger partial charge in [-0.25, -0.2) is 4.98 Å². The number of pyridine rings is 1. The lowest BCUT2D eigenvalue weighted by Crippen LogP contribution is -2.32. The van der Waals surface area contributed by atoms with Crippen molar-refractivity contribution < 1.29 is 9.90 Å². The molecule has 4 N–H and O–H groups in total. The standard InChI is InChI=1S/C11H14ClN3O2/c12-9-8(3-7(13)4-14-9)10(17)15-5-11(6-16)1-2-11/h3-4,16H,1-2,5-6,13H2,(H,15,17).